The third-order valence-corrected chi connectivity index (χ3v) is 0.979. The highest BCUT2D eigenvalue weighted by Gasteiger charge is 2.06. The molecule has 3 heteroatoms. The highest BCUT2D eigenvalue weighted by Crippen LogP contribution is 1.91. The van der Waals surface area contributed by atoms with E-state index in [-0.39, 0.29) is 0 Å². The molecule has 0 heterocycles. The van der Waals surface area contributed by atoms with Gasteiger partial charge in [0.15, 0.2) is 0 Å². The van der Waals surface area contributed by atoms with Gasteiger partial charge in [0.05, 0.1) is 0 Å². The molecule has 1 atom stereocenters. The molecule has 0 amide bonds. The standard InChI is InChI=1S/C5H6O2S/c1-2-4(3-8)5(6)7/h2-4H,1H2,(H,6,7). The molecular formula is C5H6O2S. The number of hydrogen-bond donors (Lipinski definition) is 1. The van der Waals surface area contributed by atoms with Gasteiger partial charge in [0.1, 0.15) is 5.92 Å². The van der Waals surface area contributed by atoms with Gasteiger partial charge in [0, 0.05) is 0 Å². The van der Waals surface area contributed by atoms with E-state index in [0.717, 1.165) is 5.37 Å². The molecule has 0 saturated carbocycles. The Morgan fingerprint density at radius 3 is 2.38 bits per heavy atom. The van der Waals surface area contributed by atoms with Crippen LogP contribution in [-0.2, 0) is 4.79 Å². The van der Waals surface area contributed by atoms with Gasteiger partial charge in [-0.3, -0.25) is 4.79 Å². The Hall–Kier alpha value is -0.700. The maximum absolute atomic E-state index is 9.99. The molecule has 0 aliphatic carbocycles. The Balaban J connectivity index is 3.88. The quantitative estimate of drug-likeness (QED) is 0.455. The molecule has 44 valence electrons. The maximum atomic E-state index is 9.99. The number of carbonyl (C=O) groups is 1. The van der Waals surface area contributed by atoms with Gasteiger partial charge >= 0.3 is 5.97 Å². The average molecular weight is 130 g/mol. The van der Waals surface area contributed by atoms with E-state index < -0.39 is 11.9 Å². The number of carboxylic acids is 1. The molecule has 0 aromatic heterocycles. The summed E-state index contributed by atoms with van der Waals surface area (Å²) in [6, 6.07) is 0. The lowest BCUT2D eigenvalue weighted by atomic mass is 10.2. The number of carboxylic acid groups (broad SMARTS) is 1. The second-order valence-corrected chi connectivity index (χ2v) is 1.51. The lowest BCUT2D eigenvalue weighted by Gasteiger charge is -1.93. The first-order valence-corrected chi connectivity index (χ1v) is 2.50. The van der Waals surface area contributed by atoms with Crippen molar-refractivity contribution in [2.75, 3.05) is 0 Å². The lowest BCUT2D eigenvalue weighted by Crippen LogP contribution is -2.10. The molecule has 0 saturated heterocycles. The number of aliphatic carboxylic acids is 1. The fourth-order valence-electron chi connectivity index (χ4n) is 0.215. The Morgan fingerprint density at radius 1 is 1.88 bits per heavy atom. The van der Waals surface area contributed by atoms with Gasteiger partial charge in [0.25, 0.3) is 0 Å². The summed E-state index contributed by atoms with van der Waals surface area (Å²) < 4.78 is 0. The van der Waals surface area contributed by atoms with E-state index in [2.05, 4.69) is 18.8 Å². The van der Waals surface area contributed by atoms with Gasteiger partial charge in [-0.05, 0) is 5.37 Å². The van der Waals surface area contributed by atoms with E-state index in [1.54, 1.807) is 0 Å². The molecule has 1 N–H and O–H groups in total. The van der Waals surface area contributed by atoms with Crippen molar-refractivity contribution in [3.8, 4) is 0 Å². The molecule has 2 nitrogen and oxygen atoms in total. The molecule has 0 rings (SSSR count). The van der Waals surface area contributed by atoms with Crippen LogP contribution < -0.4 is 0 Å². The zero-order chi connectivity index (χ0) is 6.57. The largest absolute Gasteiger partial charge is 0.481 e. The zero-order valence-corrected chi connectivity index (χ0v) is 5.02. The second kappa shape index (κ2) is 3.32. The fraction of sp³-hybridized carbons (Fsp3) is 0.200. The van der Waals surface area contributed by atoms with E-state index >= 15 is 0 Å². The number of hydrogen-bond acceptors (Lipinski definition) is 2. The van der Waals surface area contributed by atoms with E-state index in [0.29, 0.717) is 0 Å². The van der Waals surface area contributed by atoms with E-state index in [1.165, 1.54) is 6.08 Å². The predicted molar refractivity (Wildman–Crippen MR) is 35.0 cm³/mol. The third-order valence-electron chi connectivity index (χ3n) is 0.686. The third kappa shape index (κ3) is 1.84. The highest BCUT2D eigenvalue weighted by molar-refractivity contribution is 7.79. The van der Waals surface area contributed by atoms with E-state index in [9.17, 15) is 4.79 Å². The predicted octanol–water partition coefficient (Wildman–Crippen LogP) is 0.873. The first kappa shape index (κ1) is 7.30. The van der Waals surface area contributed by atoms with Crippen LogP contribution in [0.3, 0.4) is 0 Å². The summed E-state index contributed by atoms with van der Waals surface area (Å²) in [7, 11) is 0. The van der Waals surface area contributed by atoms with Crippen molar-refractivity contribution in [2.24, 2.45) is 5.92 Å². The van der Waals surface area contributed by atoms with Crippen LogP contribution in [0, 0.1) is 5.92 Å². The first-order valence-electron chi connectivity index (χ1n) is 2.03. The van der Waals surface area contributed by atoms with Gasteiger partial charge in [-0.1, -0.05) is 18.3 Å². The lowest BCUT2D eigenvalue weighted by molar-refractivity contribution is -0.137. The normalized spacial score (nSPS) is 12.0. The number of thiocarbonyl (C=S) groups is 1. The van der Waals surface area contributed by atoms with Crippen LogP contribution >= 0.6 is 12.2 Å². The van der Waals surface area contributed by atoms with Crippen LogP contribution in [0.5, 0.6) is 0 Å². The molecule has 0 fully saturated rings. The molecule has 0 spiro atoms. The molecule has 1 unspecified atom stereocenters. The van der Waals surface area contributed by atoms with Crippen molar-refractivity contribution in [2.45, 2.75) is 0 Å². The van der Waals surface area contributed by atoms with Gasteiger partial charge in [-0.2, -0.15) is 0 Å². The molecule has 0 radical (unpaired) electrons. The van der Waals surface area contributed by atoms with Crippen LogP contribution in [0.25, 0.3) is 0 Å². The van der Waals surface area contributed by atoms with Crippen LogP contribution in [0.15, 0.2) is 12.7 Å². The summed E-state index contributed by atoms with van der Waals surface area (Å²) in [4.78, 5) is 9.99. The van der Waals surface area contributed by atoms with E-state index in [1.807, 2.05) is 0 Å². The first-order chi connectivity index (χ1) is 3.72. The summed E-state index contributed by atoms with van der Waals surface area (Å²) in [5, 5.41) is 9.37. The minimum Gasteiger partial charge on any atom is -0.481 e. The molecular weight excluding hydrogens is 124 g/mol. The van der Waals surface area contributed by atoms with Crippen LogP contribution in [-0.4, -0.2) is 16.4 Å². The minimum atomic E-state index is -0.949. The number of rotatable bonds is 3. The Bertz CT molecular complexity index is 112. The van der Waals surface area contributed by atoms with Crippen molar-refractivity contribution in [3.63, 3.8) is 0 Å². The second-order valence-electron chi connectivity index (χ2n) is 1.24. The monoisotopic (exact) mass is 130 g/mol. The van der Waals surface area contributed by atoms with Crippen molar-refractivity contribution >= 4 is 23.6 Å². The molecule has 8 heavy (non-hydrogen) atoms. The highest BCUT2D eigenvalue weighted by atomic mass is 32.1. The Morgan fingerprint density at radius 2 is 2.38 bits per heavy atom. The van der Waals surface area contributed by atoms with Gasteiger partial charge in [-0.15, -0.1) is 6.58 Å². The van der Waals surface area contributed by atoms with Crippen LogP contribution in [0.2, 0.25) is 0 Å². The average Bonchev–Trinajstić information content (AvgIpc) is 1.69. The van der Waals surface area contributed by atoms with Crippen molar-refractivity contribution in [1.29, 1.82) is 0 Å². The zero-order valence-electron chi connectivity index (χ0n) is 4.20. The fourth-order valence-corrected chi connectivity index (χ4v) is 0.442. The summed E-state index contributed by atoms with van der Waals surface area (Å²) >= 11 is 4.37. The Labute approximate surface area is 52.8 Å². The SMILES string of the molecule is C=CC(C=S)C(=O)O. The smallest absolute Gasteiger partial charge is 0.315 e. The van der Waals surface area contributed by atoms with E-state index in [4.69, 9.17) is 5.11 Å². The van der Waals surface area contributed by atoms with Gasteiger partial charge in [0.2, 0.25) is 0 Å². The molecule has 0 aromatic rings. The summed E-state index contributed by atoms with van der Waals surface area (Å²) in [5.41, 5.74) is 0. The summed E-state index contributed by atoms with van der Waals surface area (Å²) in [6.45, 7) is 3.27. The minimum absolute atomic E-state index is 0.676. The van der Waals surface area contributed by atoms with Crippen molar-refractivity contribution < 1.29 is 9.90 Å². The summed E-state index contributed by atoms with van der Waals surface area (Å²) in [5.74, 6) is -1.62. The molecule has 0 aliphatic heterocycles. The topological polar surface area (TPSA) is 37.3 Å². The molecule has 0 aromatic carbocycles. The van der Waals surface area contributed by atoms with Crippen molar-refractivity contribution in [1.82, 2.24) is 0 Å². The van der Waals surface area contributed by atoms with Crippen LogP contribution in [0.4, 0.5) is 0 Å². The Kier molecular flexibility index (Phi) is 3.03. The summed E-state index contributed by atoms with van der Waals surface area (Å²) in [6.07, 6.45) is 1.29. The molecule has 0 aliphatic rings. The maximum Gasteiger partial charge on any atom is 0.315 e. The van der Waals surface area contributed by atoms with Crippen LogP contribution in [0.1, 0.15) is 0 Å². The molecule has 0 bridgehead atoms. The van der Waals surface area contributed by atoms with Crippen molar-refractivity contribution in [3.05, 3.63) is 12.7 Å². The van der Waals surface area contributed by atoms with Gasteiger partial charge < -0.3 is 5.11 Å². The van der Waals surface area contributed by atoms with Gasteiger partial charge in [-0.25, -0.2) is 0 Å².